The Balaban J connectivity index is 2.04. The molecule has 1 fully saturated rings. The molecule has 1 heterocycles. The Morgan fingerprint density at radius 2 is 2.00 bits per heavy atom. The molecule has 0 saturated carbocycles. The molecule has 5 heteroatoms. The fraction of sp³-hybridized carbons (Fsp3) is 0.923. The van der Waals surface area contributed by atoms with Crippen LogP contribution in [0, 0.1) is 0 Å². The Labute approximate surface area is 110 Å². The summed E-state index contributed by atoms with van der Waals surface area (Å²) in [5, 5.41) is 6.09. The number of carbonyl (C=O) groups excluding carboxylic acids is 1. The summed E-state index contributed by atoms with van der Waals surface area (Å²) in [5.74, 6) is 0.0469. The smallest absolute Gasteiger partial charge is 0.236 e. The first-order valence-corrected chi connectivity index (χ1v) is 6.96. The van der Waals surface area contributed by atoms with E-state index < -0.39 is 0 Å². The van der Waals surface area contributed by atoms with Crippen molar-refractivity contribution in [3.63, 3.8) is 0 Å². The van der Waals surface area contributed by atoms with Crippen molar-refractivity contribution in [2.24, 2.45) is 0 Å². The van der Waals surface area contributed by atoms with Gasteiger partial charge in [0.15, 0.2) is 0 Å². The molecule has 0 bridgehead atoms. The minimum Gasteiger partial charge on any atom is -0.383 e. The minimum atomic E-state index is -0.133. The van der Waals surface area contributed by atoms with Crippen molar-refractivity contribution in [3.8, 4) is 0 Å². The third kappa shape index (κ3) is 6.33. The molecule has 1 aliphatic rings. The zero-order valence-electron chi connectivity index (χ0n) is 11.7. The first kappa shape index (κ1) is 15.4. The van der Waals surface area contributed by atoms with Gasteiger partial charge in [0, 0.05) is 26.7 Å². The van der Waals surface area contributed by atoms with E-state index in [0.29, 0.717) is 13.2 Å². The van der Waals surface area contributed by atoms with E-state index in [1.807, 2.05) is 6.92 Å². The van der Waals surface area contributed by atoms with Gasteiger partial charge < -0.3 is 20.3 Å². The third-order valence-electron chi connectivity index (χ3n) is 3.33. The Hall–Kier alpha value is -0.650. The molecule has 0 aromatic carbocycles. The molecule has 0 spiro atoms. The Morgan fingerprint density at radius 3 is 2.67 bits per heavy atom. The van der Waals surface area contributed by atoms with Gasteiger partial charge in [0.1, 0.15) is 0 Å². The first-order chi connectivity index (χ1) is 8.74. The monoisotopic (exact) mass is 257 g/mol. The van der Waals surface area contributed by atoms with Crippen LogP contribution in [0.4, 0.5) is 0 Å². The zero-order valence-corrected chi connectivity index (χ0v) is 11.7. The predicted octanol–water partition coefficient (Wildman–Crippen LogP) is 0.213. The molecule has 18 heavy (non-hydrogen) atoms. The average molecular weight is 257 g/mol. The zero-order chi connectivity index (χ0) is 13.2. The number of carbonyl (C=O) groups is 1. The molecule has 0 aliphatic carbocycles. The lowest BCUT2D eigenvalue weighted by Gasteiger charge is -2.27. The van der Waals surface area contributed by atoms with Crippen molar-refractivity contribution in [1.82, 2.24) is 15.5 Å². The van der Waals surface area contributed by atoms with Crippen LogP contribution in [0.5, 0.6) is 0 Å². The lowest BCUT2D eigenvalue weighted by Crippen LogP contribution is -2.46. The summed E-state index contributed by atoms with van der Waals surface area (Å²) < 4.78 is 4.89. The Morgan fingerprint density at radius 1 is 1.28 bits per heavy atom. The number of methoxy groups -OCH3 is 1. The molecule has 5 nitrogen and oxygen atoms in total. The fourth-order valence-corrected chi connectivity index (χ4v) is 2.14. The SMILES string of the molecule is COCCNC(=O)C(C)NCCN1CCCCC1. The molecule has 2 N–H and O–H groups in total. The number of hydrogen-bond donors (Lipinski definition) is 2. The van der Waals surface area contributed by atoms with E-state index in [-0.39, 0.29) is 11.9 Å². The molecule has 0 aromatic rings. The van der Waals surface area contributed by atoms with Gasteiger partial charge in [0.25, 0.3) is 0 Å². The van der Waals surface area contributed by atoms with Gasteiger partial charge >= 0.3 is 0 Å². The largest absolute Gasteiger partial charge is 0.383 e. The number of likely N-dealkylation sites (tertiary alicyclic amines) is 1. The van der Waals surface area contributed by atoms with Crippen LogP contribution in [0.15, 0.2) is 0 Å². The fourth-order valence-electron chi connectivity index (χ4n) is 2.14. The molecule has 1 amide bonds. The van der Waals surface area contributed by atoms with Crippen molar-refractivity contribution < 1.29 is 9.53 Å². The van der Waals surface area contributed by atoms with Gasteiger partial charge in [-0.05, 0) is 32.9 Å². The van der Waals surface area contributed by atoms with E-state index in [1.165, 1.54) is 32.4 Å². The van der Waals surface area contributed by atoms with E-state index >= 15 is 0 Å². The molecule has 1 saturated heterocycles. The van der Waals surface area contributed by atoms with Crippen LogP contribution in [0.1, 0.15) is 26.2 Å². The van der Waals surface area contributed by atoms with Crippen LogP contribution in [-0.2, 0) is 9.53 Å². The molecule has 1 atom stereocenters. The quantitative estimate of drug-likeness (QED) is 0.611. The number of piperidine rings is 1. The summed E-state index contributed by atoms with van der Waals surface area (Å²) in [6, 6.07) is -0.133. The highest BCUT2D eigenvalue weighted by atomic mass is 16.5. The van der Waals surface area contributed by atoms with E-state index in [0.717, 1.165) is 13.1 Å². The van der Waals surface area contributed by atoms with Gasteiger partial charge in [-0.2, -0.15) is 0 Å². The van der Waals surface area contributed by atoms with Crippen molar-refractivity contribution in [2.75, 3.05) is 46.4 Å². The average Bonchev–Trinajstić information content (AvgIpc) is 2.40. The molecular weight excluding hydrogens is 230 g/mol. The number of nitrogens with one attached hydrogen (secondary N) is 2. The summed E-state index contributed by atoms with van der Waals surface area (Å²) in [6.45, 7) is 7.36. The highest BCUT2D eigenvalue weighted by Gasteiger charge is 2.13. The van der Waals surface area contributed by atoms with Crippen molar-refractivity contribution in [3.05, 3.63) is 0 Å². The van der Waals surface area contributed by atoms with Crippen molar-refractivity contribution in [2.45, 2.75) is 32.2 Å². The Kier molecular flexibility index (Phi) is 7.96. The first-order valence-electron chi connectivity index (χ1n) is 6.96. The van der Waals surface area contributed by atoms with E-state index in [9.17, 15) is 4.79 Å². The molecule has 1 rings (SSSR count). The third-order valence-corrected chi connectivity index (χ3v) is 3.33. The second kappa shape index (κ2) is 9.30. The summed E-state index contributed by atoms with van der Waals surface area (Å²) in [5.41, 5.74) is 0. The van der Waals surface area contributed by atoms with Crippen LogP contribution in [0.25, 0.3) is 0 Å². The normalized spacial score (nSPS) is 18.6. The number of hydrogen-bond acceptors (Lipinski definition) is 4. The number of ether oxygens (including phenoxy) is 1. The maximum absolute atomic E-state index is 11.7. The Bertz CT molecular complexity index is 230. The van der Waals surface area contributed by atoms with Crippen LogP contribution in [0.3, 0.4) is 0 Å². The van der Waals surface area contributed by atoms with E-state index in [2.05, 4.69) is 15.5 Å². The second-order valence-corrected chi connectivity index (χ2v) is 4.86. The molecule has 0 aromatic heterocycles. The molecule has 0 radical (unpaired) electrons. The van der Waals surface area contributed by atoms with E-state index in [1.54, 1.807) is 7.11 Å². The van der Waals surface area contributed by atoms with Crippen molar-refractivity contribution in [1.29, 1.82) is 0 Å². The highest BCUT2D eigenvalue weighted by Crippen LogP contribution is 2.07. The topological polar surface area (TPSA) is 53.6 Å². The van der Waals surface area contributed by atoms with Gasteiger partial charge in [-0.25, -0.2) is 0 Å². The number of rotatable bonds is 8. The number of nitrogens with zero attached hydrogens (tertiary/aromatic N) is 1. The predicted molar refractivity (Wildman–Crippen MR) is 72.6 cm³/mol. The minimum absolute atomic E-state index is 0.0469. The summed E-state index contributed by atoms with van der Waals surface area (Å²) in [6.07, 6.45) is 3.99. The van der Waals surface area contributed by atoms with Gasteiger partial charge in [0.05, 0.1) is 12.6 Å². The second-order valence-electron chi connectivity index (χ2n) is 4.86. The van der Waals surface area contributed by atoms with Gasteiger partial charge in [-0.15, -0.1) is 0 Å². The molecule has 106 valence electrons. The maximum atomic E-state index is 11.7. The molecule has 1 unspecified atom stereocenters. The lowest BCUT2D eigenvalue weighted by atomic mass is 10.1. The maximum Gasteiger partial charge on any atom is 0.236 e. The van der Waals surface area contributed by atoms with Gasteiger partial charge in [-0.1, -0.05) is 6.42 Å². The summed E-state index contributed by atoms with van der Waals surface area (Å²) in [4.78, 5) is 14.1. The van der Waals surface area contributed by atoms with Crippen molar-refractivity contribution >= 4 is 5.91 Å². The number of amides is 1. The summed E-state index contributed by atoms with van der Waals surface area (Å²) in [7, 11) is 1.63. The highest BCUT2D eigenvalue weighted by molar-refractivity contribution is 5.81. The van der Waals surface area contributed by atoms with E-state index in [4.69, 9.17) is 4.74 Å². The van der Waals surface area contributed by atoms with Crippen LogP contribution in [0.2, 0.25) is 0 Å². The van der Waals surface area contributed by atoms with Crippen LogP contribution >= 0.6 is 0 Å². The van der Waals surface area contributed by atoms with Gasteiger partial charge in [-0.3, -0.25) is 4.79 Å². The molecule has 1 aliphatic heterocycles. The van der Waals surface area contributed by atoms with Crippen LogP contribution in [-0.4, -0.2) is 63.3 Å². The van der Waals surface area contributed by atoms with Crippen LogP contribution < -0.4 is 10.6 Å². The molecular formula is C13H27N3O2. The standard InChI is InChI=1S/C13H27N3O2/c1-12(13(17)15-7-11-18-2)14-6-10-16-8-4-3-5-9-16/h12,14H,3-11H2,1-2H3,(H,15,17). The summed E-state index contributed by atoms with van der Waals surface area (Å²) >= 11 is 0. The lowest BCUT2D eigenvalue weighted by molar-refractivity contribution is -0.122. The van der Waals surface area contributed by atoms with Gasteiger partial charge in [0.2, 0.25) is 5.91 Å².